The molecule has 8 nitrogen and oxygen atoms in total. The second-order valence-corrected chi connectivity index (χ2v) is 9.01. The van der Waals surface area contributed by atoms with E-state index in [1.807, 2.05) is 55.1 Å². The van der Waals surface area contributed by atoms with E-state index in [2.05, 4.69) is 15.5 Å². The zero-order valence-electron chi connectivity index (χ0n) is 20.3. The third-order valence-electron chi connectivity index (χ3n) is 6.33. The van der Waals surface area contributed by atoms with Crippen molar-refractivity contribution in [1.82, 2.24) is 15.1 Å². The average Bonchev–Trinajstić information content (AvgIpc) is 3.30. The van der Waals surface area contributed by atoms with Crippen molar-refractivity contribution in [3.8, 4) is 0 Å². The van der Waals surface area contributed by atoms with Crippen LogP contribution in [-0.2, 0) is 16.0 Å². The Morgan fingerprint density at radius 1 is 1.00 bits per heavy atom. The Morgan fingerprint density at radius 2 is 1.71 bits per heavy atom. The van der Waals surface area contributed by atoms with Crippen molar-refractivity contribution in [3.05, 3.63) is 65.9 Å². The quantitative estimate of drug-likeness (QED) is 0.520. The Balaban J connectivity index is 1.24. The van der Waals surface area contributed by atoms with Gasteiger partial charge in [0, 0.05) is 43.3 Å². The Kier molecular flexibility index (Phi) is 7.82. The van der Waals surface area contributed by atoms with Gasteiger partial charge in [-0.3, -0.25) is 19.3 Å². The number of carbonyl (C=O) groups is 3. The first kappa shape index (κ1) is 24.5. The number of amides is 3. The fourth-order valence-corrected chi connectivity index (χ4v) is 4.06. The average molecular weight is 477 g/mol. The zero-order chi connectivity index (χ0) is 24.8. The van der Waals surface area contributed by atoms with Crippen LogP contribution >= 0.6 is 0 Å². The van der Waals surface area contributed by atoms with Crippen molar-refractivity contribution >= 4 is 34.4 Å². The Hall–Kier alpha value is -3.65. The molecular weight excluding hydrogens is 444 g/mol. The van der Waals surface area contributed by atoms with E-state index in [-0.39, 0.29) is 29.5 Å². The van der Waals surface area contributed by atoms with Gasteiger partial charge in [-0.1, -0.05) is 37.3 Å². The molecule has 2 aromatic carbocycles. The number of benzene rings is 2. The van der Waals surface area contributed by atoms with E-state index >= 15 is 0 Å². The lowest BCUT2D eigenvalue weighted by molar-refractivity contribution is -0.132. The number of hydrogen-bond donors (Lipinski definition) is 2. The van der Waals surface area contributed by atoms with Gasteiger partial charge in [0.05, 0.1) is 13.0 Å². The van der Waals surface area contributed by atoms with Crippen LogP contribution < -0.4 is 10.6 Å². The molecule has 1 fully saturated rings. The van der Waals surface area contributed by atoms with Crippen LogP contribution in [0.15, 0.2) is 59.0 Å². The van der Waals surface area contributed by atoms with Crippen molar-refractivity contribution in [2.45, 2.75) is 32.7 Å². The fourth-order valence-electron chi connectivity index (χ4n) is 4.06. The molecule has 35 heavy (non-hydrogen) atoms. The second-order valence-electron chi connectivity index (χ2n) is 9.01. The molecule has 8 heteroatoms. The molecule has 0 aliphatic carbocycles. The van der Waals surface area contributed by atoms with Crippen LogP contribution in [0.3, 0.4) is 0 Å². The number of piperazine rings is 1. The Bertz CT molecular complexity index is 1150. The van der Waals surface area contributed by atoms with Crippen molar-refractivity contribution in [1.29, 1.82) is 0 Å². The smallest absolute Gasteiger partial charge is 0.291 e. The first-order chi connectivity index (χ1) is 16.9. The summed E-state index contributed by atoms with van der Waals surface area (Å²) in [6, 6.07) is 16.6. The number of furan rings is 1. The van der Waals surface area contributed by atoms with E-state index < -0.39 is 0 Å². The molecule has 0 saturated carbocycles. The maximum Gasteiger partial charge on any atom is 0.291 e. The van der Waals surface area contributed by atoms with Crippen molar-refractivity contribution in [2.24, 2.45) is 0 Å². The predicted octanol–water partition coefficient (Wildman–Crippen LogP) is 3.29. The highest BCUT2D eigenvalue weighted by Crippen LogP contribution is 2.20. The summed E-state index contributed by atoms with van der Waals surface area (Å²) in [6.07, 6.45) is 1.20. The summed E-state index contributed by atoms with van der Waals surface area (Å²) in [4.78, 5) is 41.3. The summed E-state index contributed by atoms with van der Waals surface area (Å²) in [7, 11) is 0. The summed E-state index contributed by atoms with van der Waals surface area (Å²) in [5, 5.41) is 6.69. The summed E-state index contributed by atoms with van der Waals surface area (Å²) in [6.45, 7) is 7.01. The van der Waals surface area contributed by atoms with Crippen LogP contribution in [0.4, 0.5) is 5.69 Å². The topological polar surface area (TPSA) is 94.9 Å². The lowest BCUT2D eigenvalue weighted by atomic mass is 10.1. The van der Waals surface area contributed by atoms with Crippen molar-refractivity contribution in [3.63, 3.8) is 0 Å². The molecule has 1 unspecified atom stereocenters. The number of carbonyl (C=O) groups excluding carboxylic acids is 3. The number of para-hydroxylation sites is 1. The third-order valence-corrected chi connectivity index (χ3v) is 6.33. The van der Waals surface area contributed by atoms with E-state index in [4.69, 9.17) is 4.42 Å². The van der Waals surface area contributed by atoms with Crippen LogP contribution in [0, 0.1) is 0 Å². The van der Waals surface area contributed by atoms with Gasteiger partial charge in [0.25, 0.3) is 5.91 Å². The molecule has 3 amide bonds. The molecular formula is C27H32N4O4. The number of hydrogen-bond acceptors (Lipinski definition) is 5. The molecule has 2 N–H and O–H groups in total. The largest absolute Gasteiger partial charge is 0.451 e. The summed E-state index contributed by atoms with van der Waals surface area (Å²) in [5.41, 5.74) is 2.18. The molecule has 1 atom stereocenters. The minimum Gasteiger partial charge on any atom is -0.451 e. The number of nitrogens with zero attached hydrogens (tertiary/aromatic N) is 2. The molecule has 0 bridgehead atoms. The number of nitrogens with one attached hydrogen (secondary N) is 2. The molecule has 1 aliphatic heterocycles. The highest BCUT2D eigenvalue weighted by Gasteiger charge is 2.23. The highest BCUT2D eigenvalue weighted by molar-refractivity contribution is 6.04. The van der Waals surface area contributed by atoms with Gasteiger partial charge in [-0.25, -0.2) is 0 Å². The van der Waals surface area contributed by atoms with Crippen LogP contribution in [0.2, 0.25) is 0 Å². The number of rotatable bonds is 8. The van der Waals surface area contributed by atoms with E-state index in [0.29, 0.717) is 50.4 Å². The fraction of sp³-hybridized carbons (Fsp3) is 0.370. The van der Waals surface area contributed by atoms with Gasteiger partial charge in [0.2, 0.25) is 11.8 Å². The summed E-state index contributed by atoms with van der Waals surface area (Å²) >= 11 is 0. The van der Waals surface area contributed by atoms with Gasteiger partial charge in [-0.2, -0.15) is 0 Å². The van der Waals surface area contributed by atoms with Gasteiger partial charge in [-0.15, -0.1) is 0 Å². The first-order valence-electron chi connectivity index (χ1n) is 12.1. The van der Waals surface area contributed by atoms with Gasteiger partial charge in [0.1, 0.15) is 5.58 Å². The lowest BCUT2D eigenvalue weighted by Gasteiger charge is -2.34. The molecule has 184 valence electrons. The van der Waals surface area contributed by atoms with Crippen LogP contribution in [0.25, 0.3) is 11.0 Å². The van der Waals surface area contributed by atoms with E-state index in [9.17, 15) is 14.4 Å². The minimum absolute atomic E-state index is 0.0339. The van der Waals surface area contributed by atoms with Crippen molar-refractivity contribution < 1.29 is 18.8 Å². The number of anilines is 1. The van der Waals surface area contributed by atoms with Crippen LogP contribution in [0.5, 0.6) is 0 Å². The van der Waals surface area contributed by atoms with Crippen molar-refractivity contribution in [2.75, 3.05) is 38.0 Å². The standard InChI is InChI=1S/C27H32N4O4/c1-3-19(2)28-25(32)18-30-12-14-31(15-13-30)26(33)16-20-8-10-22(11-9-20)29-27(34)24-17-21-6-4-5-7-23(21)35-24/h4-11,17,19H,3,12-16,18H2,1-2H3,(H,28,32)(H,29,34). The normalized spacial score (nSPS) is 15.1. The molecule has 2 heterocycles. The van der Waals surface area contributed by atoms with Crippen LogP contribution in [-0.4, -0.2) is 66.3 Å². The van der Waals surface area contributed by atoms with Gasteiger partial charge >= 0.3 is 0 Å². The van der Waals surface area contributed by atoms with E-state index in [0.717, 1.165) is 17.4 Å². The summed E-state index contributed by atoms with van der Waals surface area (Å²) in [5.74, 6) is 0.0297. The molecule has 1 saturated heterocycles. The first-order valence-corrected chi connectivity index (χ1v) is 12.1. The lowest BCUT2D eigenvalue weighted by Crippen LogP contribution is -2.52. The van der Waals surface area contributed by atoms with Gasteiger partial charge in [-0.05, 0) is 43.2 Å². The minimum atomic E-state index is -0.319. The van der Waals surface area contributed by atoms with Gasteiger partial charge < -0.3 is 20.0 Å². The van der Waals surface area contributed by atoms with E-state index in [1.165, 1.54) is 0 Å². The highest BCUT2D eigenvalue weighted by atomic mass is 16.3. The van der Waals surface area contributed by atoms with Crippen LogP contribution in [0.1, 0.15) is 36.4 Å². The molecule has 1 aromatic heterocycles. The second kappa shape index (κ2) is 11.2. The summed E-state index contributed by atoms with van der Waals surface area (Å²) < 4.78 is 5.61. The maximum atomic E-state index is 12.8. The molecule has 0 spiro atoms. The predicted molar refractivity (Wildman–Crippen MR) is 135 cm³/mol. The SMILES string of the molecule is CCC(C)NC(=O)CN1CCN(C(=O)Cc2ccc(NC(=O)c3cc4ccccc4o3)cc2)CC1. The van der Waals surface area contributed by atoms with E-state index in [1.54, 1.807) is 18.2 Å². The molecule has 4 rings (SSSR count). The maximum absolute atomic E-state index is 12.8. The Morgan fingerprint density at radius 3 is 2.40 bits per heavy atom. The zero-order valence-corrected chi connectivity index (χ0v) is 20.3. The molecule has 0 radical (unpaired) electrons. The monoisotopic (exact) mass is 476 g/mol. The molecule has 3 aromatic rings. The molecule has 1 aliphatic rings. The van der Waals surface area contributed by atoms with Gasteiger partial charge in [0.15, 0.2) is 5.76 Å². The Labute approximate surface area is 205 Å². The number of fused-ring (bicyclic) bond motifs is 1. The third kappa shape index (κ3) is 6.48.